The predicted molar refractivity (Wildman–Crippen MR) is 101 cm³/mol. The number of rotatable bonds is 9. The van der Waals surface area contributed by atoms with E-state index in [-0.39, 0.29) is 12.0 Å². The summed E-state index contributed by atoms with van der Waals surface area (Å²) in [6.45, 7) is 9.36. The maximum atomic E-state index is 12.0. The van der Waals surface area contributed by atoms with Crippen LogP contribution in [0, 0.1) is 6.92 Å². The number of nitrogens with one attached hydrogen (secondary N) is 1. The Labute approximate surface area is 151 Å². The van der Waals surface area contributed by atoms with Crippen molar-refractivity contribution in [1.29, 1.82) is 0 Å². The highest BCUT2D eigenvalue weighted by molar-refractivity contribution is 8.00. The Hall–Kier alpha value is -1.18. The first-order valence-electron chi connectivity index (χ1n) is 8.27. The van der Waals surface area contributed by atoms with Crippen LogP contribution in [-0.4, -0.2) is 40.9 Å². The summed E-state index contributed by atoms with van der Waals surface area (Å²) in [5.74, 6) is 1.15. The molecule has 0 aliphatic heterocycles. The monoisotopic (exact) mass is 367 g/mol. The lowest BCUT2D eigenvalue weighted by Gasteiger charge is -2.08. The molecule has 0 fully saturated rings. The van der Waals surface area contributed by atoms with Crippen LogP contribution in [0.1, 0.15) is 37.9 Å². The topological polar surface area (TPSA) is 64.1 Å². The van der Waals surface area contributed by atoms with Gasteiger partial charge in [0.25, 0.3) is 0 Å². The van der Waals surface area contributed by atoms with Crippen molar-refractivity contribution in [1.82, 2.24) is 15.3 Å². The van der Waals surface area contributed by atoms with Crippen LogP contribution >= 0.6 is 23.1 Å². The lowest BCUT2D eigenvalue weighted by molar-refractivity contribution is -0.118. The molecule has 0 saturated heterocycles. The minimum Gasteiger partial charge on any atom is -0.379 e. The molecular weight excluding hydrogens is 342 g/mol. The van der Waals surface area contributed by atoms with Crippen molar-refractivity contribution >= 4 is 39.2 Å². The number of thiophene rings is 1. The zero-order chi connectivity index (χ0) is 17.5. The largest absolute Gasteiger partial charge is 0.379 e. The summed E-state index contributed by atoms with van der Waals surface area (Å²) in [4.78, 5) is 23.3. The molecule has 24 heavy (non-hydrogen) atoms. The maximum absolute atomic E-state index is 12.0. The third-order valence-corrected chi connectivity index (χ3v) is 5.47. The maximum Gasteiger partial charge on any atom is 0.230 e. The van der Waals surface area contributed by atoms with Gasteiger partial charge < -0.3 is 10.1 Å². The summed E-state index contributed by atoms with van der Waals surface area (Å²) < 4.78 is 5.45. The summed E-state index contributed by atoms with van der Waals surface area (Å²) in [5.41, 5.74) is 0. The van der Waals surface area contributed by atoms with E-state index < -0.39 is 0 Å². The van der Waals surface area contributed by atoms with E-state index >= 15 is 0 Å². The quantitative estimate of drug-likeness (QED) is 0.417. The molecular formula is C17H25N3O2S2. The SMILES string of the molecule is CCc1cc2c(SCC(=O)NCCCOC(C)C)nc(C)nc2s1. The van der Waals surface area contributed by atoms with Gasteiger partial charge in [0.2, 0.25) is 5.91 Å². The van der Waals surface area contributed by atoms with Gasteiger partial charge >= 0.3 is 0 Å². The molecule has 0 radical (unpaired) electrons. The van der Waals surface area contributed by atoms with E-state index in [2.05, 4.69) is 28.3 Å². The van der Waals surface area contributed by atoms with Crippen LogP contribution in [0.15, 0.2) is 11.1 Å². The van der Waals surface area contributed by atoms with Crippen LogP contribution in [0.2, 0.25) is 0 Å². The number of hydrogen-bond acceptors (Lipinski definition) is 6. The van der Waals surface area contributed by atoms with Gasteiger partial charge in [-0.05, 0) is 39.7 Å². The molecule has 2 rings (SSSR count). The number of fused-ring (bicyclic) bond motifs is 1. The number of amides is 1. The van der Waals surface area contributed by atoms with E-state index in [9.17, 15) is 4.79 Å². The number of carbonyl (C=O) groups excluding carboxylic acids is 1. The Balaban J connectivity index is 1.86. The first kappa shape index (κ1) is 19.1. The first-order valence-corrected chi connectivity index (χ1v) is 10.1. The molecule has 0 atom stereocenters. The lowest BCUT2D eigenvalue weighted by atomic mass is 10.3. The standard InChI is InChI=1S/C17H25N3O2S2/c1-5-13-9-14-16(19-12(4)20-17(14)24-13)23-10-15(21)18-7-6-8-22-11(2)3/h9,11H,5-8,10H2,1-4H3,(H,18,21). The van der Waals surface area contributed by atoms with Gasteiger partial charge in [-0.15, -0.1) is 11.3 Å². The van der Waals surface area contributed by atoms with Gasteiger partial charge in [0.05, 0.1) is 11.9 Å². The number of aryl methyl sites for hydroxylation is 2. The van der Waals surface area contributed by atoms with E-state index in [1.807, 2.05) is 20.8 Å². The zero-order valence-corrected chi connectivity index (χ0v) is 16.4. The fraction of sp³-hybridized carbons (Fsp3) is 0.588. The second-order valence-electron chi connectivity index (χ2n) is 5.77. The molecule has 132 valence electrons. The van der Waals surface area contributed by atoms with Crippen LogP contribution in [0.5, 0.6) is 0 Å². The lowest BCUT2D eigenvalue weighted by Crippen LogP contribution is -2.27. The molecule has 2 aromatic heterocycles. The summed E-state index contributed by atoms with van der Waals surface area (Å²) in [6, 6.07) is 2.14. The number of ether oxygens (including phenoxy) is 1. The Bertz CT molecular complexity index is 686. The summed E-state index contributed by atoms with van der Waals surface area (Å²) >= 11 is 3.18. The zero-order valence-electron chi connectivity index (χ0n) is 14.7. The number of thioether (sulfide) groups is 1. The van der Waals surface area contributed by atoms with Crippen LogP contribution in [0.4, 0.5) is 0 Å². The number of aromatic nitrogens is 2. The van der Waals surface area contributed by atoms with Crippen molar-refractivity contribution in [2.45, 2.75) is 51.7 Å². The predicted octanol–water partition coefficient (Wildman–Crippen LogP) is 3.59. The number of carbonyl (C=O) groups is 1. The minimum atomic E-state index is 0.0277. The second-order valence-corrected chi connectivity index (χ2v) is 7.85. The van der Waals surface area contributed by atoms with Crippen LogP contribution in [0.25, 0.3) is 10.2 Å². The average Bonchev–Trinajstić information content (AvgIpc) is 2.94. The first-order chi connectivity index (χ1) is 11.5. The van der Waals surface area contributed by atoms with Gasteiger partial charge in [0.1, 0.15) is 15.7 Å². The van der Waals surface area contributed by atoms with Gasteiger partial charge in [0.15, 0.2) is 0 Å². The van der Waals surface area contributed by atoms with E-state index in [1.54, 1.807) is 11.3 Å². The van der Waals surface area contributed by atoms with E-state index in [1.165, 1.54) is 16.6 Å². The van der Waals surface area contributed by atoms with Crippen molar-refractivity contribution < 1.29 is 9.53 Å². The molecule has 0 aliphatic carbocycles. The summed E-state index contributed by atoms with van der Waals surface area (Å²) in [6.07, 6.45) is 2.05. The Morgan fingerprint density at radius 2 is 2.21 bits per heavy atom. The van der Waals surface area contributed by atoms with E-state index in [4.69, 9.17) is 4.74 Å². The van der Waals surface area contributed by atoms with Gasteiger partial charge in [0, 0.05) is 23.4 Å². The minimum absolute atomic E-state index is 0.0277. The molecule has 1 N–H and O–H groups in total. The van der Waals surface area contributed by atoms with Crippen molar-refractivity contribution in [3.63, 3.8) is 0 Å². The Morgan fingerprint density at radius 3 is 2.92 bits per heavy atom. The summed E-state index contributed by atoms with van der Waals surface area (Å²) in [7, 11) is 0. The third kappa shape index (κ3) is 5.72. The number of hydrogen-bond donors (Lipinski definition) is 1. The van der Waals surface area contributed by atoms with Gasteiger partial charge in [-0.25, -0.2) is 9.97 Å². The summed E-state index contributed by atoms with van der Waals surface area (Å²) in [5, 5.41) is 4.88. The molecule has 0 bridgehead atoms. The van der Waals surface area contributed by atoms with Crippen LogP contribution in [0.3, 0.4) is 0 Å². The smallest absolute Gasteiger partial charge is 0.230 e. The molecule has 0 saturated carbocycles. The fourth-order valence-electron chi connectivity index (χ4n) is 2.13. The Morgan fingerprint density at radius 1 is 1.42 bits per heavy atom. The number of nitrogens with zero attached hydrogens (tertiary/aromatic N) is 2. The van der Waals surface area contributed by atoms with E-state index in [0.29, 0.717) is 18.9 Å². The highest BCUT2D eigenvalue weighted by Crippen LogP contribution is 2.31. The molecule has 1 amide bonds. The van der Waals surface area contributed by atoms with Crippen molar-refractivity contribution in [3.8, 4) is 0 Å². The highest BCUT2D eigenvalue weighted by atomic mass is 32.2. The molecule has 7 heteroatoms. The highest BCUT2D eigenvalue weighted by Gasteiger charge is 2.12. The molecule has 2 aromatic rings. The van der Waals surface area contributed by atoms with Gasteiger partial charge in [-0.3, -0.25) is 4.79 Å². The molecule has 0 spiro atoms. The van der Waals surface area contributed by atoms with Crippen LogP contribution in [-0.2, 0) is 16.0 Å². The van der Waals surface area contributed by atoms with Crippen molar-refractivity contribution in [2.75, 3.05) is 18.9 Å². The fourth-order valence-corrected chi connectivity index (χ4v) is 4.09. The normalized spacial score (nSPS) is 11.4. The molecule has 5 nitrogen and oxygen atoms in total. The van der Waals surface area contributed by atoms with E-state index in [0.717, 1.165) is 33.9 Å². The van der Waals surface area contributed by atoms with Crippen molar-refractivity contribution in [3.05, 3.63) is 16.8 Å². The van der Waals surface area contributed by atoms with Gasteiger partial charge in [-0.1, -0.05) is 18.7 Å². The molecule has 0 aliphatic rings. The average molecular weight is 368 g/mol. The molecule has 0 aromatic carbocycles. The van der Waals surface area contributed by atoms with Crippen LogP contribution < -0.4 is 5.32 Å². The Kier molecular flexibility index (Phi) is 7.45. The molecule has 0 unspecified atom stereocenters. The van der Waals surface area contributed by atoms with Crippen molar-refractivity contribution in [2.24, 2.45) is 0 Å². The third-order valence-electron chi connectivity index (χ3n) is 3.30. The molecule has 2 heterocycles. The second kappa shape index (κ2) is 9.34. The van der Waals surface area contributed by atoms with Gasteiger partial charge in [-0.2, -0.15) is 0 Å².